The number of anilines is 2. The zero-order valence-electron chi connectivity index (χ0n) is 16.7. The van der Waals surface area contributed by atoms with Crippen molar-refractivity contribution >= 4 is 40.9 Å². The average molecular weight is 426 g/mol. The first-order chi connectivity index (χ1) is 14.5. The van der Waals surface area contributed by atoms with Gasteiger partial charge in [0.05, 0.1) is 18.6 Å². The standard InChI is InChI=1S/C22H23N3O4S/c1-29-17-6-4-5-16(12-17)23-20(26)13-25-18-11-15(22(28)24-9-2-3-10-24)7-8-19(18)30-14-21(25)27/h4-8,11-12H,2-3,9-10,13-14H2,1H3,(H,23,26). The summed E-state index contributed by atoms with van der Waals surface area (Å²) in [6.45, 7) is 1.40. The first-order valence-electron chi connectivity index (χ1n) is 9.85. The molecule has 8 heteroatoms. The van der Waals surface area contributed by atoms with E-state index in [0.29, 0.717) is 22.7 Å². The summed E-state index contributed by atoms with van der Waals surface area (Å²) in [4.78, 5) is 42.2. The molecule has 156 valence electrons. The molecular weight excluding hydrogens is 402 g/mol. The minimum Gasteiger partial charge on any atom is -0.497 e. The molecule has 3 amide bonds. The van der Waals surface area contributed by atoms with Crippen LogP contribution >= 0.6 is 11.8 Å². The zero-order chi connectivity index (χ0) is 21.1. The van der Waals surface area contributed by atoms with Crippen molar-refractivity contribution in [3.05, 3.63) is 48.0 Å². The number of fused-ring (bicyclic) bond motifs is 1. The number of carbonyl (C=O) groups is 3. The third kappa shape index (κ3) is 4.28. The number of methoxy groups -OCH3 is 1. The number of nitrogens with zero attached hydrogens (tertiary/aromatic N) is 2. The molecule has 7 nitrogen and oxygen atoms in total. The van der Waals surface area contributed by atoms with Gasteiger partial charge in [0.2, 0.25) is 11.8 Å². The smallest absolute Gasteiger partial charge is 0.253 e. The molecule has 2 aromatic rings. The zero-order valence-corrected chi connectivity index (χ0v) is 17.5. The predicted molar refractivity (Wildman–Crippen MR) is 116 cm³/mol. The molecule has 1 N–H and O–H groups in total. The lowest BCUT2D eigenvalue weighted by Crippen LogP contribution is -2.41. The van der Waals surface area contributed by atoms with Crippen LogP contribution in [0.1, 0.15) is 23.2 Å². The molecule has 0 radical (unpaired) electrons. The number of hydrogen-bond acceptors (Lipinski definition) is 5. The van der Waals surface area contributed by atoms with E-state index in [9.17, 15) is 14.4 Å². The molecule has 4 rings (SSSR count). The van der Waals surface area contributed by atoms with Crippen molar-refractivity contribution < 1.29 is 19.1 Å². The van der Waals surface area contributed by atoms with Gasteiger partial charge in [0.25, 0.3) is 5.91 Å². The number of likely N-dealkylation sites (tertiary alicyclic amines) is 1. The fraction of sp³-hybridized carbons (Fsp3) is 0.318. The molecule has 0 aliphatic carbocycles. The van der Waals surface area contributed by atoms with Crippen molar-refractivity contribution in [3.63, 3.8) is 0 Å². The van der Waals surface area contributed by atoms with Crippen molar-refractivity contribution in [1.82, 2.24) is 4.90 Å². The maximum absolute atomic E-state index is 12.8. The Morgan fingerprint density at radius 1 is 1.13 bits per heavy atom. The lowest BCUT2D eigenvalue weighted by atomic mass is 10.1. The third-order valence-corrected chi connectivity index (χ3v) is 6.24. The SMILES string of the molecule is COc1cccc(NC(=O)CN2C(=O)CSc3ccc(C(=O)N4CCCC4)cc32)c1. The van der Waals surface area contributed by atoms with E-state index in [-0.39, 0.29) is 30.0 Å². The highest BCUT2D eigenvalue weighted by Crippen LogP contribution is 2.36. The van der Waals surface area contributed by atoms with E-state index in [4.69, 9.17) is 4.74 Å². The van der Waals surface area contributed by atoms with E-state index in [2.05, 4.69) is 5.32 Å². The van der Waals surface area contributed by atoms with E-state index >= 15 is 0 Å². The van der Waals surface area contributed by atoms with Gasteiger partial charge in [0.1, 0.15) is 12.3 Å². The Labute approximate surface area is 179 Å². The lowest BCUT2D eigenvalue weighted by molar-refractivity contribution is -0.120. The molecule has 0 spiro atoms. The third-order valence-electron chi connectivity index (χ3n) is 5.20. The van der Waals surface area contributed by atoms with Crippen molar-refractivity contribution in [2.45, 2.75) is 17.7 Å². The minimum absolute atomic E-state index is 0.0286. The summed E-state index contributed by atoms with van der Waals surface area (Å²) in [6, 6.07) is 12.4. The number of carbonyl (C=O) groups excluding carboxylic acids is 3. The molecule has 2 aliphatic heterocycles. The molecule has 2 aromatic carbocycles. The largest absolute Gasteiger partial charge is 0.497 e. The van der Waals surface area contributed by atoms with E-state index < -0.39 is 0 Å². The molecule has 2 aliphatic rings. The number of ether oxygens (including phenoxy) is 1. The van der Waals surface area contributed by atoms with E-state index in [1.165, 1.54) is 16.7 Å². The second kappa shape index (κ2) is 8.79. The number of benzene rings is 2. The van der Waals surface area contributed by atoms with E-state index in [0.717, 1.165) is 30.8 Å². The van der Waals surface area contributed by atoms with Gasteiger partial charge in [0, 0.05) is 35.3 Å². The second-order valence-corrected chi connectivity index (χ2v) is 8.25. The van der Waals surface area contributed by atoms with Gasteiger partial charge in [-0.15, -0.1) is 11.8 Å². The van der Waals surface area contributed by atoms with Crippen LogP contribution in [0.3, 0.4) is 0 Å². The van der Waals surface area contributed by atoms with Gasteiger partial charge in [-0.1, -0.05) is 6.07 Å². The Balaban J connectivity index is 1.53. The van der Waals surface area contributed by atoms with Crippen molar-refractivity contribution in [2.24, 2.45) is 0 Å². The van der Waals surface area contributed by atoms with Gasteiger partial charge in [0.15, 0.2) is 0 Å². The summed E-state index contributed by atoms with van der Waals surface area (Å²) in [5, 5.41) is 2.80. The number of amides is 3. The molecule has 1 saturated heterocycles. The molecule has 0 unspecified atom stereocenters. The fourth-order valence-electron chi connectivity index (χ4n) is 3.66. The van der Waals surface area contributed by atoms with Crippen molar-refractivity contribution in [2.75, 3.05) is 42.7 Å². The number of rotatable bonds is 5. The average Bonchev–Trinajstić information content (AvgIpc) is 3.30. The highest BCUT2D eigenvalue weighted by Gasteiger charge is 2.28. The predicted octanol–water partition coefficient (Wildman–Crippen LogP) is 3.01. The summed E-state index contributed by atoms with van der Waals surface area (Å²) in [6.07, 6.45) is 2.03. The second-order valence-electron chi connectivity index (χ2n) is 7.23. The molecule has 0 atom stereocenters. The molecular formula is C22H23N3O4S. The Bertz CT molecular complexity index is 988. The Morgan fingerprint density at radius 3 is 2.70 bits per heavy atom. The van der Waals surface area contributed by atoms with E-state index in [1.54, 1.807) is 43.5 Å². The summed E-state index contributed by atoms with van der Waals surface area (Å²) in [5.41, 5.74) is 1.75. The minimum atomic E-state index is -0.314. The van der Waals surface area contributed by atoms with Crippen LogP contribution in [-0.2, 0) is 9.59 Å². The number of nitrogens with one attached hydrogen (secondary N) is 1. The topological polar surface area (TPSA) is 79.0 Å². The van der Waals surface area contributed by atoms with Crippen LogP contribution in [0.25, 0.3) is 0 Å². The first-order valence-corrected chi connectivity index (χ1v) is 10.8. The van der Waals surface area contributed by atoms with Gasteiger partial charge in [-0.2, -0.15) is 0 Å². The van der Waals surface area contributed by atoms with Crippen LogP contribution in [0.15, 0.2) is 47.4 Å². The molecule has 1 fully saturated rings. The van der Waals surface area contributed by atoms with Gasteiger partial charge < -0.3 is 19.9 Å². The molecule has 2 heterocycles. The van der Waals surface area contributed by atoms with Crippen molar-refractivity contribution in [1.29, 1.82) is 0 Å². The van der Waals surface area contributed by atoms with Gasteiger partial charge in [-0.3, -0.25) is 14.4 Å². The maximum atomic E-state index is 12.8. The first kappa shape index (κ1) is 20.3. The summed E-state index contributed by atoms with van der Waals surface area (Å²) >= 11 is 1.42. The quantitative estimate of drug-likeness (QED) is 0.797. The van der Waals surface area contributed by atoms with E-state index in [1.807, 2.05) is 11.0 Å². The van der Waals surface area contributed by atoms with Crippen LogP contribution in [-0.4, -0.2) is 55.1 Å². The Kier molecular flexibility index (Phi) is 5.94. The van der Waals surface area contributed by atoms with Gasteiger partial charge in [-0.25, -0.2) is 0 Å². The number of thioether (sulfide) groups is 1. The summed E-state index contributed by atoms with van der Waals surface area (Å²) < 4.78 is 5.17. The monoisotopic (exact) mass is 425 g/mol. The van der Waals surface area contributed by atoms with Crippen LogP contribution in [0.2, 0.25) is 0 Å². The summed E-state index contributed by atoms with van der Waals surface area (Å²) in [7, 11) is 1.56. The Hall–Kier alpha value is -3.00. The highest BCUT2D eigenvalue weighted by atomic mass is 32.2. The number of hydrogen-bond donors (Lipinski definition) is 1. The lowest BCUT2D eigenvalue weighted by Gasteiger charge is -2.29. The van der Waals surface area contributed by atoms with Crippen molar-refractivity contribution in [3.8, 4) is 5.75 Å². The molecule has 0 bridgehead atoms. The Morgan fingerprint density at radius 2 is 1.93 bits per heavy atom. The maximum Gasteiger partial charge on any atom is 0.253 e. The molecule has 30 heavy (non-hydrogen) atoms. The van der Waals surface area contributed by atoms with Crippen LogP contribution in [0.4, 0.5) is 11.4 Å². The normalized spacial score (nSPS) is 15.7. The molecule has 0 aromatic heterocycles. The van der Waals surface area contributed by atoms with Gasteiger partial charge >= 0.3 is 0 Å². The van der Waals surface area contributed by atoms with Crippen LogP contribution in [0, 0.1) is 0 Å². The molecule has 0 saturated carbocycles. The fourth-order valence-corrected chi connectivity index (χ4v) is 4.57. The van der Waals surface area contributed by atoms with Crippen LogP contribution in [0.5, 0.6) is 5.75 Å². The summed E-state index contributed by atoms with van der Waals surface area (Å²) in [5.74, 6) is 0.399. The highest BCUT2D eigenvalue weighted by molar-refractivity contribution is 8.00. The van der Waals surface area contributed by atoms with Gasteiger partial charge in [-0.05, 0) is 43.2 Å². The van der Waals surface area contributed by atoms with Crippen LogP contribution < -0.4 is 15.0 Å².